The fourth-order valence-electron chi connectivity index (χ4n) is 3.42. The Hall–Kier alpha value is -1.97. The molecule has 4 nitrogen and oxygen atoms in total. The summed E-state index contributed by atoms with van der Waals surface area (Å²) in [5.41, 5.74) is 1.85. The van der Waals surface area contributed by atoms with Crippen LogP contribution < -0.4 is 0 Å². The van der Waals surface area contributed by atoms with Crippen LogP contribution in [0.25, 0.3) is 0 Å². The Kier molecular flexibility index (Phi) is 3.38. The van der Waals surface area contributed by atoms with Gasteiger partial charge in [0.05, 0.1) is 12.4 Å². The number of benzene rings is 1. The average Bonchev–Trinajstić information content (AvgIpc) is 3.08. The van der Waals surface area contributed by atoms with Crippen LogP contribution in [0.15, 0.2) is 24.3 Å². The summed E-state index contributed by atoms with van der Waals surface area (Å²) in [6, 6.07) is 7.54. The molecule has 0 spiro atoms. The number of amidine groups is 1. The van der Waals surface area contributed by atoms with Crippen LogP contribution in [0.5, 0.6) is 0 Å². The molecule has 1 aliphatic carbocycles. The predicted octanol–water partition coefficient (Wildman–Crippen LogP) is 3.13. The number of nitrogens with zero attached hydrogens (tertiary/aromatic N) is 1. The molecular weight excluding hydrogens is 250 g/mol. The molecule has 0 bridgehead atoms. The minimum Gasteiger partial charge on any atom is -0.310 e. The van der Waals surface area contributed by atoms with Crippen molar-refractivity contribution in [3.63, 3.8) is 0 Å². The molecule has 3 rings (SSSR count). The van der Waals surface area contributed by atoms with E-state index in [2.05, 4.69) is 0 Å². The molecule has 2 N–H and O–H groups in total. The molecule has 0 radical (unpaired) electrons. The third-order valence-corrected chi connectivity index (χ3v) is 4.51. The van der Waals surface area contributed by atoms with Crippen molar-refractivity contribution in [1.82, 2.24) is 4.90 Å². The van der Waals surface area contributed by atoms with Crippen LogP contribution >= 0.6 is 0 Å². The molecule has 1 heterocycles. The zero-order valence-electron chi connectivity index (χ0n) is 11.4. The molecule has 1 unspecified atom stereocenters. The van der Waals surface area contributed by atoms with E-state index in [1.54, 1.807) is 4.90 Å². The Balaban J connectivity index is 1.85. The van der Waals surface area contributed by atoms with Crippen molar-refractivity contribution < 1.29 is 4.79 Å². The third-order valence-electron chi connectivity index (χ3n) is 4.51. The maximum atomic E-state index is 12.4. The van der Waals surface area contributed by atoms with Gasteiger partial charge in [0, 0.05) is 17.9 Å². The van der Waals surface area contributed by atoms with Gasteiger partial charge in [0.1, 0.15) is 11.6 Å². The molecule has 1 aliphatic heterocycles. The lowest BCUT2D eigenvalue weighted by Gasteiger charge is -2.22. The number of nitrogens with one attached hydrogen (secondary N) is 2. The number of ketones is 1. The van der Waals surface area contributed by atoms with Gasteiger partial charge in [-0.3, -0.25) is 15.6 Å². The summed E-state index contributed by atoms with van der Waals surface area (Å²) in [6.45, 7) is 0. The van der Waals surface area contributed by atoms with Crippen LogP contribution in [0.1, 0.15) is 49.3 Å². The zero-order valence-corrected chi connectivity index (χ0v) is 11.4. The topological polar surface area (TPSA) is 68.0 Å². The van der Waals surface area contributed by atoms with Crippen LogP contribution in [-0.4, -0.2) is 22.9 Å². The van der Waals surface area contributed by atoms with Gasteiger partial charge in [-0.15, -0.1) is 0 Å². The Bertz CT molecular complexity index is 561. The van der Waals surface area contributed by atoms with Gasteiger partial charge in [0.25, 0.3) is 0 Å². The van der Waals surface area contributed by atoms with Crippen molar-refractivity contribution in [2.75, 3.05) is 0 Å². The molecule has 20 heavy (non-hydrogen) atoms. The van der Waals surface area contributed by atoms with Gasteiger partial charge in [-0.2, -0.15) is 0 Å². The largest absolute Gasteiger partial charge is 0.310 e. The van der Waals surface area contributed by atoms with Crippen LogP contribution in [0.2, 0.25) is 0 Å². The highest BCUT2D eigenvalue weighted by Crippen LogP contribution is 2.37. The summed E-state index contributed by atoms with van der Waals surface area (Å²) >= 11 is 0. The second kappa shape index (κ2) is 5.19. The second-order valence-corrected chi connectivity index (χ2v) is 5.64. The van der Waals surface area contributed by atoms with E-state index in [4.69, 9.17) is 10.8 Å². The van der Waals surface area contributed by atoms with E-state index >= 15 is 0 Å². The predicted molar refractivity (Wildman–Crippen MR) is 78.2 cm³/mol. The van der Waals surface area contributed by atoms with Gasteiger partial charge < -0.3 is 4.90 Å². The Morgan fingerprint density at radius 1 is 1.30 bits per heavy atom. The van der Waals surface area contributed by atoms with E-state index in [0.29, 0.717) is 18.0 Å². The summed E-state index contributed by atoms with van der Waals surface area (Å²) in [4.78, 5) is 14.0. The molecule has 104 valence electrons. The number of fused-ring (bicyclic) bond motifs is 1. The fourth-order valence-corrected chi connectivity index (χ4v) is 3.42. The lowest BCUT2D eigenvalue weighted by Crippen LogP contribution is -2.28. The molecule has 0 aromatic heterocycles. The molecule has 1 saturated carbocycles. The highest BCUT2D eigenvalue weighted by Gasteiger charge is 2.36. The highest BCUT2D eigenvalue weighted by atomic mass is 16.1. The van der Waals surface area contributed by atoms with E-state index in [1.165, 1.54) is 6.34 Å². The molecule has 1 aromatic carbocycles. The molecule has 4 heteroatoms. The summed E-state index contributed by atoms with van der Waals surface area (Å²) in [6.07, 6.45) is 5.92. The highest BCUT2D eigenvalue weighted by molar-refractivity contribution is 6.07. The Morgan fingerprint density at radius 2 is 2.00 bits per heavy atom. The number of carbonyl (C=O) groups excluding carboxylic acids is 1. The van der Waals surface area contributed by atoms with Gasteiger partial charge in [-0.05, 0) is 18.4 Å². The number of hydrogen-bond donors (Lipinski definition) is 2. The first-order valence-electron chi connectivity index (χ1n) is 7.22. The number of rotatable bonds is 4. The van der Waals surface area contributed by atoms with Gasteiger partial charge in [-0.25, -0.2) is 0 Å². The monoisotopic (exact) mass is 269 g/mol. The average molecular weight is 269 g/mol. The van der Waals surface area contributed by atoms with Crippen LogP contribution in [0.3, 0.4) is 0 Å². The SMILES string of the molecule is N=CN1C(=N)c2ccccc2C1CC(=O)C1CCCC1. The summed E-state index contributed by atoms with van der Waals surface area (Å²) in [7, 11) is 0. The first kappa shape index (κ1) is 13.0. The van der Waals surface area contributed by atoms with Gasteiger partial charge in [0.2, 0.25) is 0 Å². The van der Waals surface area contributed by atoms with Crippen molar-refractivity contribution in [1.29, 1.82) is 10.8 Å². The van der Waals surface area contributed by atoms with Gasteiger partial charge in [-0.1, -0.05) is 37.1 Å². The Morgan fingerprint density at radius 3 is 2.70 bits per heavy atom. The first-order chi connectivity index (χ1) is 9.72. The number of Topliss-reactive ketones (excluding diaryl/α,β-unsaturated/α-hetero) is 1. The summed E-state index contributed by atoms with van der Waals surface area (Å²) < 4.78 is 0. The van der Waals surface area contributed by atoms with Crippen molar-refractivity contribution in [3.8, 4) is 0 Å². The van der Waals surface area contributed by atoms with Crippen LogP contribution in [0, 0.1) is 16.7 Å². The molecule has 2 aliphatic rings. The maximum Gasteiger partial charge on any atom is 0.138 e. The van der Waals surface area contributed by atoms with E-state index in [1.807, 2.05) is 24.3 Å². The number of carbonyl (C=O) groups is 1. The lowest BCUT2D eigenvalue weighted by atomic mass is 9.93. The van der Waals surface area contributed by atoms with Crippen molar-refractivity contribution in [2.24, 2.45) is 5.92 Å². The minimum atomic E-state index is -0.163. The van der Waals surface area contributed by atoms with E-state index in [9.17, 15) is 4.79 Å². The van der Waals surface area contributed by atoms with Crippen LogP contribution in [0.4, 0.5) is 0 Å². The number of hydrogen-bond acceptors (Lipinski definition) is 3. The molecule has 1 aromatic rings. The molecule has 1 atom stereocenters. The Labute approximate surface area is 118 Å². The molecule has 0 amide bonds. The standard InChI is InChI=1S/C16H19N3O/c17-10-19-14(9-15(20)11-5-1-2-6-11)12-7-3-4-8-13(12)16(19)18/h3-4,7-8,10-11,14,17-18H,1-2,5-6,9H2. The van der Waals surface area contributed by atoms with E-state index in [0.717, 1.165) is 36.8 Å². The van der Waals surface area contributed by atoms with Crippen LogP contribution in [-0.2, 0) is 4.79 Å². The normalized spacial score (nSPS) is 22.1. The van der Waals surface area contributed by atoms with Crippen molar-refractivity contribution in [2.45, 2.75) is 38.1 Å². The molecule has 1 fully saturated rings. The van der Waals surface area contributed by atoms with E-state index in [-0.39, 0.29) is 12.0 Å². The summed E-state index contributed by atoms with van der Waals surface area (Å²) in [5, 5.41) is 15.7. The quantitative estimate of drug-likeness (QED) is 0.651. The molecular formula is C16H19N3O. The fraction of sp³-hybridized carbons (Fsp3) is 0.438. The first-order valence-corrected chi connectivity index (χ1v) is 7.22. The third kappa shape index (κ3) is 2.05. The van der Waals surface area contributed by atoms with Gasteiger partial charge >= 0.3 is 0 Å². The van der Waals surface area contributed by atoms with Crippen molar-refractivity contribution in [3.05, 3.63) is 35.4 Å². The van der Waals surface area contributed by atoms with E-state index < -0.39 is 0 Å². The van der Waals surface area contributed by atoms with Gasteiger partial charge in [0.15, 0.2) is 0 Å². The lowest BCUT2D eigenvalue weighted by molar-refractivity contribution is -0.123. The maximum absolute atomic E-state index is 12.4. The summed E-state index contributed by atoms with van der Waals surface area (Å²) in [5.74, 6) is 0.827. The van der Waals surface area contributed by atoms with Crippen molar-refractivity contribution >= 4 is 18.0 Å². The smallest absolute Gasteiger partial charge is 0.138 e. The molecule has 0 saturated heterocycles. The second-order valence-electron chi connectivity index (χ2n) is 5.64. The minimum absolute atomic E-state index is 0.163. The zero-order chi connectivity index (χ0) is 14.1.